The molecule has 0 spiro atoms. The van der Waals surface area contributed by atoms with Crippen LogP contribution in [0.4, 0.5) is 0 Å². The van der Waals surface area contributed by atoms with Gasteiger partial charge < -0.3 is 16.4 Å². The molecule has 0 aliphatic heterocycles. The van der Waals surface area contributed by atoms with Gasteiger partial charge in [0.2, 0.25) is 0 Å². The molecule has 0 unspecified atom stereocenters. The van der Waals surface area contributed by atoms with Crippen molar-refractivity contribution >= 4 is 0 Å². The quantitative estimate of drug-likeness (QED) is 0.327. The summed E-state index contributed by atoms with van der Waals surface area (Å²) in [6, 6.07) is 0. The third kappa shape index (κ3) is 29.4. The van der Waals surface area contributed by atoms with Gasteiger partial charge in [-0.25, -0.2) is 0 Å². The van der Waals surface area contributed by atoms with Gasteiger partial charge in [0.05, 0.1) is 0 Å². The van der Waals surface area contributed by atoms with Gasteiger partial charge in [-0.15, -0.1) is 0 Å². The Labute approximate surface area is 34.4 Å². The van der Waals surface area contributed by atoms with Crippen LogP contribution in [-0.2, 0) is 22.5 Å². The van der Waals surface area contributed by atoms with Crippen molar-refractivity contribution in [2.45, 2.75) is 0 Å². The van der Waals surface area contributed by atoms with E-state index in [1.54, 1.807) is 0 Å². The molecule has 0 rings (SSSR count). The van der Waals surface area contributed by atoms with Crippen molar-refractivity contribution in [3.63, 3.8) is 0 Å². The number of rotatable bonds is 0. The molecule has 0 saturated heterocycles. The molecule has 0 atom stereocenters. The van der Waals surface area contributed by atoms with Gasteiger partial charge in [0.25, 0.3) is 0 Å². The molecule has 0 saturated carbocycles. The first-order valence-electron chi connectivity index (χ1n) is 0. The van der Waals surface area contributed by atoms with Crippen LogP contribution in [0, 0.1) is 0 Å². The van der Waals surface area contributed by atoms with E-state index in [9.17, 15) is 0 Å². The molecule has 1 radical (unpaired) electrons. The van der Waals surface area contributed by atoms with E-state index in [4.69, 9.17) is 0 Å². The van der Waals surface area contributed by atoms with Crippen LogP contribution in [0.25, 0.3) is 0 Å². The van der Waals surface area contributed by atoms with E-state index < -0.39 is 0 Å². The molecular formula is H4MnO3. The minimum atomic E-state index is 0. The van der Waals surface area contributed by atoms with Gasteiger partial charge in [0.1, 0.15) is 0 Å². The molecule has 29 valence electrons. The van der Waals surface area contributed by atoms with E-state index >= 15 is 0 Å². The van der Waals surface area contributed by atoms with Crippen LogP contribution in [0.5, 0.6) is 0 Å². The zero-order valence-electron chi connectivity index (χ0n) is 1.79. The van der Waals surface area contributed by atoms with Crippen LogP contribution in [0.1, 0.15) is 0 Å². The van der Waals surface area contributed by atoms with Crippen LogP contribution < -0.4 is 0 Å². The van der Waals surface area contributed by atoms with Gasteiger partial charge in [-0.2, -0.15) is 0 Å². The Morgan fingerprint density at radius 3 is 0.750 bits per heavy atom. The molecule has 4 heteroatoms. The smallest absolute Gasteiger partial charge is 2.00 e. The summed E-state index contributed by atoms with van der Waals surface area (Å²) in [6.45, 7) is 0. The maximum atomic E-state index is 0. The Kier molecular flexibility index (Phi) is 9770. The summed E-state index contributed by atoms with van der Waals surface area (Å²) in [5.41, 5.74) is 0. The summed E-state index contributed by atoms with van der Waals surface area (Å²) >= 11 is 0. The molecule has 0 bridgehead atoms. The molecule has 4 heavy (non-hydrogen) atoms. The van der Waals surface area contributed by atoms with E-state index in [1.807, 2.05) is 0 Å². The Bertz CT molecular complexity index is 3.25. The summed E-state index contributed by atoms with van der Waals surface area (Å²) in [4.78, 5) is 0. The fourth-order valence-corrected chi connectivity index (χ4v) is 0. The van der Waals surface area contributed by atoms with Crippen molar-refractivity contribution in [1.82, 2.24) is 0 Å². The average molecular weight is 107 g/mol. The van der Waals surface area contributed by atoms with Gasteiger partial charge in [0, 0.05) is 0 Å². The third-order valence-corrected chi connectivity index (χ3v) is 0. The van der Waals surface area contributed by atoms with E-state index in [2.05, 4.69) is 0 Å². The van der Waals surface area contributed by atoms with E-state index in [1.165, 1.54) is 0 Å². The van der Waals surface area contributed by atoms with Crippen molar-refractivity contribution in [3.05, 3.63) is 0 Å². The van der Waals surface area contributed by atoms with Crippen LogP contribution in [0.3, 0.4) is 0 Å². The molecular weight excluding hydrogens is 103 g/mol. The Morgan fingerprint density at radius 2 is 0.750 bits per heavy atom. The molecule has 0 aromatic heterocycles. The van der Waals surface area contributed by atoms with Crippen molar-refractivity contribution in [2.75, 3.05) is 0 Å². The molecule has 0 aliphatic carbocycles. The first kappa shape index (κ1) is 319. The molecule has 0 aromatic carbocycles. The van der Waals surface area contributed by atoms with Gasteiger partial charge in [0.15, 0.2) is 0 Å². The van der Waals surface area contributed by atoms with Crippen molar-refractivity contribution in [1.29, 1.82) is 0 Å². The summed E-state index contributed by atoms with van der Waals surface area (Å²) in [7, 11) is 0. The summed E-state index contributed by atoms with van der Waals surface area (Å²) in [6.07, 6.45) is 0. The van der Waals surface area contributed by atoms with Crippen molar-refractivity contribution < 1.29 is 33.5 Å². The van der Waals surface area contributed by atoms with Crippen molar-refractivity contribution in [2.24, 2.45) is 0 Å². The van der Waals surface area contributed by atoms with E-state index in [0.717, 1.165) is 0 Å². The minimum absolute atomic E-state index is 0. The van der Waals surface area contributed by atoms with Gasteiger partial charge in [-0.05, 0) is 0 Å². The topological polar surface area (TPSA) is 91.5 Å². The monoisotopic (exact) mass is 107 g/mol. The van der Waals surface area contributed by atoms with Gasteiger partial charge in [-0.3, -0.25) is 0 Å². The Morgan fingerprint density at radius 1 is 0.750 bits per heavy atom. The maximum Gasteiger partial charge on any atom is 2.00 e. The molecule has 3 nitrogen and oxygen atoms in total. The molecule has 4 N–H and O–H groups in total. The predicted octanol–water partition coefficient (Wildman–Crippen LogP) is -1.77. The second kappa shape index (κ2) is 123. The first-order valence-corrected chi connectivity index (χ1v) is 0. The number of hydrogen-bond donors (Lipinski definition) is 0. The van der Waals surface area contributed by atoms with E-state index in [0.29, 0.717) is 0 Å². The largest absolute Gasteiger partial charge is 2.00 e. The second-order valence-electron chi connectivity index (χ2n) is 0. The second-order valence-corrected chi connectivity index (χ2v) is 0. The normalized spacial score (nSPS) is 0. The van der Waals surface area contributed by atoms with Crippen molar-refractivity contribution in [3.8, 4) is 0 Å². The Balaban J connectivity index is 0. The van der Waals surface area contributed by atoms with Crippen LogP contribution in [-0.4, -0.2) is 11.0 Å². The third-order valence-electron chi connectivity index (χ3n) is 0. The van der Waals surface area contributed by atoms with Crippen LogP contribution in [0.15, 0.2) is 0 Å². The fraction of sp³-hybridized carbons (Fsp3) is 0. The fourth-order valence-electron chi connectivity index (χ4n) is 0. The van der Waals surface area contributed by atoms with Crippen LogP contribution in [0.2, 0.25) is 0 Å². The molecule has 0 aromatic rings. The Hall–Kier alpha value is 0.399. The molecule has 0 fully saturated rings. The minimum Gasteiger partial charge on any atom is -2.00 e. The molecule has 0 amide bonds. The maximum absolute atomic E-state index is 0. The zero-order chi connectivity index (χ0) is 0. The summed E-state index contributed by atoms with van der Waals surface area (Å²) in [5, 5.41) is 0. The standard InChI is InChI=1S/Mn.2H2O.O/h;2*1H2;/q+2;;;-2. The summed E-state index contributed by atoms with van der Waals surface area (Å²) < 4.78 is 0. The number of hydrogen-bond acceptors (Lipinski definition) is 0. The SMILES string of the molecule is O.O.[Mn+2].[O-2]. The zero-order valence-corrected chi connectivity index (χ0v) is 2.97. The molecule has 0 heterocycles. The molecule has 0 aliphatic rings. The van der Waals surface area contributed by atoms with E-state index in [-0.39, 0.29) is 33.5 Å². The van der Waals surface area contributed by atoms with Crippen LogP contribution >= 0.6 is 0 Å². The predicted molar refractivity (Wildman–Crippen MR) is 7.91 cm³/mol. The average Bonchev–Trinajstić information content (AvgIpc) is 0. The van der Waals surface area contributed by atoms with Gasteiger partial charge >= 0.3 is 17.1 Å². The summed E-state index contributed by atoms with van der Waals surface area (Å²) in [5.74, 6) is 0. The van der Waals surface area contributed by atoms with Gasteiger partial charge in [-0.1, -0.05) is 0 Å². The first-order chi connectivity index (χ1) is 0.